The Kier molecular flexibility index (Phi) is 6.21. The quantitative estimate of drug-likeness (QED) is 0.731. The average molecular weight is 349 g/mol. The van der Waals surface area contributed by atoms with Crippen LogP contribution < -0.4 is 10.2 Å². The van der Waals surface area contributed by atoms with Crippen molar-refractivity contribution in [2.75, 3.05) is 38.8 Å². The largest absolute Gasteiger partial charge is 0.464 e. The summed E-state index contributed by atoms with van der Waals surface area (Å²) >= 11 is 0. The van der Waals surface area contributed by atoms with Crippen molar-refractivity contribution < 1.29 is 23.9 Å². The Morgan fingerprint density at radius 1 is 1.32 bits per heavy atom. The number of anilines is 1. The summed E-state index contributed by atoms with van der Waals surface area (Å²) in [6.07, 6.45) is -0.581. The monoisotopic (exact) mass is 349 g/mol. The van der Waals surface area contributed by atoms with Gasteiger partial charge in [-0.15, -0.1) is 0 Å². The van der Waals surface area contributed by atoms with Crippen LogP contribution in [0.5, 0.6) is 0 Å². The van der Waals surface area contributed by atoms with Crippen molar-refractivity contribution in [1.82, 2.24) is 10.2 Å². The van der Waals surface area contributed by atoms with Crippen LogP contribution in [0.4, 0.5) is 10.5 Å². The molecule has 0 unspecified atom stereocenters. The highest BCUT2D eigenvalue weighted by Gasteiger charge is 2.37. The van der Waals surface area contributed by atoms with E-state index in [0.717, 1.165) is 11.3 Å². The summed E-state index contributed by atoms with van der Waals surface area (Å²) in [6, 6.07) is 7.09. The van der Waals surface area contributed by atoms with Crippen LogP contribution in [0.15, 0.2) is 24.3 Å². The van der Waals surface area contributed by atoms with Gasteiger partial charge in [0.05, 0.1) is 6.54 Å². The molecular weight excluding hydrogens is 326 g/mol. The van der Waals surface area contributed by atoms with Gasteiger partial charge in [0.15, 0.2) is 0 Å². The number of carbonyl (C=O) groups excluding carboxylic acids is 3. The lowest BCUT2D eigenvalue weighted by Gasteiger charge is -2.20. The number of hydrogen-bond acceptors (Lipinski definition) is 6. The van der Waals surface area contributed by atoms with Crippen LogP contribution in [-0.2, 0) is 25.6 Å². The molecular formula is C17H23N3O5. The zero-order chi connectivity index (χ0) is 18.4. The van der Waals surface area contributed by atoms with Crippen molar-refractivity contribution in [2.24, 2.45) is 0 Å². The lowest BCUT2D eigenvalue weighted by molar-refractivity contribution is -0.141. The zero-order valence-corrected chi connectivity index (χ0v) is 14.7. The third-order valence-electron chi connectivity index (χ3n) is 3.84. The smallest absolute Gasteiger partial charge is 0.410 e. The normalized spacial score (nSPS) is 16.4. The average Bonchev–Trinajstić information content (AvgIpc) is 2.94. The Morgan fingerprint density at radius 3 is 2.60 bits per heavy atom. The van der Waals surface area contributed by atoms with Gasteiger partial charge in [-0.25, -0.2) is 4.79 Å². The molecule has 136 valence electrons. The van der Waals surface area contributed by atoms with Crippen LogP contribution in [-0.4, -0.2) is 62.8 Å². The van der Waals surface area contributed by atoms with Crippen molar-refractivity contribution in [3.8, 4) is 0 Å². The molecule has 0 bridgehead atoms. The van der Waals surface area contributed by atoms with Gasteiger partial charge in [-0.1, -0.05) is 12.1 Å². The van der Waals surface area contributed by atoms with Crippen LogP contribution in [0.1, 0.15) is 12.5 Å². The zero-order valence-electron chi connectivity index (χ0n) is 14.7. The molecule has 2 rings (SSSR count). The number of esters is 1. The first-order valence-corrected chi connectivity index (χ1v) is 7.99. The Labute approximate surface area is 146 Å². The molecule has 2 amide bonds. The highest BCUT2D eigenvalue weighted by molar-refractivity contribution is 5.87. The van der Waals surface area contributed by atoms with Gasteiger partial charge >= 0.3 is 12.1 Å². The molecule has 1 saturated heterocycles. The lowest BCUT2D eigenvalue weighted by Crippen LogP contribution is -2.46. The second-order valence-electron chi connectivity index (χ2n) is 5.90. The maximum atomic E-state index is 12.3. The summed E-state index contributed by atoms with van der Waals surface area (Å²) in [5.41, 5.74) is 2.03. The van der Waals surface area contributed by atoms with Crippen LogP contribution >= 0.6 is 0 Å². The standard InChI is InChI=1S/C17H23N3O5/c1-12(21)24-9-8-20-15(11-25-17(20)23)16(22)18-10-13-4-6-14(7-5-13)19(2)3/h4-7,15H,8-11H2,1-3H3,(H,18,22)/t15-/m0/s1. The van der Waals surface area contributed by atoms with E-state index in [9.17, 15) is 14.4 Å². The summed E-state index contributed by atoms with van der Waals surface area (Å²) in [4.78, 5) is 38.1. The van der Waals surface area contributed by atoms with Gasteiger partial charge in [-0.2, -0.15) is 0 Å². The maximum Gasteiger partial charge on any atom is 0.410 e. The fraction of sp³-hybridized carbons (Fsp3) is 0.471. The van der Waals surface area contributed by atoms with Gasteiger partial charge < -0.3 is 19.7 Å². The molecule has 0 spiro atoms. The minimum Gasteiger partial charge on any atom is -0.464 e. The molecule has 0 aliphatic carbocycles. The number of nitrogens with one attached hydrogen (secondary N) is 1. The summed E-state index contributed by atoms with van der Waals surface area (Å²) in [7, 11) is 3.91. The molecule has 1 N–H and O–H groups in total. The summed E-state index contributed by atoms with van der Waals surface area (Å²) in [5.74, 6) is -0.736. The summed E-state index contributed by atoms with van der Waals surface area (Å²) in [6.45, 7) is 1.78. The molecule has 1 aliphatic rings. The van der Waals surface area contributed by atoms with Crippen LogP contribution in [0.25, 0.3) is 0 Å². The fourth-order valence-corrected chi connectivity index (χ4v) is 2.42. The second kappa shape index (κ2) is 8.36. The predicted octanol–water partition coefficient (Wildman–Crippen LogP) is 0.753. The number of hydrogen-bond donors (Lipinski definition) is 1. The molecule has 8 nitrogen and oxygen atoms in total. The molecule has 1 fully saturated rings. The summed E-state index contributed by atoms with van der Waals surface area (Å²) in [5, 5.41) is 2.81. The van der Waals surface area contributed by atoms with Gasteiger partial charge in [-0.05, 0) is 17.7 Å². The van der Waals surface area contributed by atoms with Crippen LogP contribution in [0.2, 0.25) is 0 Å². The molecule has 1 aromatic rings. The highest BCUT2D eigenvalue weighted by Crippen LogP contribution is 2.14. The van der Waals surface area contributed by atoms with Gasteiger partial charge in [0.2, 0.25) is 5.91 Å². The Morgan fingerprint density at radius 2 is 2.00 bits per heavy atom. The third kappa shape index (κ3) is 5.10. The van der Waals surface area contributed by atoms with Crippen molar-refractivity contribution >= 4 is 23.7 Å². The molecule has 1 aromatic carbocycles. The number of nitrogens with zero attached hydrogens (tertiary/aromatic N) is 2. The lowest BCUT2D eigenvalue weighted by atomic mass is 10.2. The van der Waals surface area contributed by atoms with Crippen molar-refractivity contribution in [3.63, 3.8) is 0 Å². The fourth-order valence-electron chi connectivity index (χ4n) is 2.42. The van der Waals surface area contributed by atoms with E-state index in [1.807, 2.05) is 43.3 Å². The van der Waals surface area contributed by atoms with Crippen LogP contribution in [0, 0.1) is 0 Å². The first kappa shape index (κ1) is 18.6. The van der Waals surface area contributed by atoms with E-state index < -0.39 is 18.1 Å². The van der Waals surface area contributed by atoms with E-state index >= 15 is 0 Å². The number of rotatable bonds is 7. The first-order valence-electron chi connectivity index (χ1n) is 7.99. The molecule has 1 aliphatic heterocycles. The minimum atomic E-state index is -0.718. The van der Waals surface area contributed by atoms with Gasteiger partial charge in [0.25, 0.3) is 0 Å². The molecule has 0 aromatic heterocycles. The third-order valence-corrected chi connectivity index (χ3v) is 3.84. The number of ether oxygens (including phenoxy) is 2. The second-order valence-corrected chi connectivity index (χ2v) is 5.90. The van der Waals surface area contributed by atoms with E-state index in [4.69, 9.17) is 9.47 Å². The first-order chi connectivity index (χ1) is 11.9. The topological polar surface area (TPSA) is 88.2 Å². The van der Waals surface area contributed by atoms with Crippen molar-refractivity contribution in [1.29, 1.82) is 0 Å². The van der Waals surface area contributed by atoms with Crippen molar-refractivity contribution in [2.45, 2.75) is 19.5 Å². The van der Waals surface area contributed by atoms with Gasteiger partial charge in [0, 0.05) is 33.3 Å². The van der Waals surface area contributed by atoms with E-state index in [-0.39, 0.29) is 25.7 Å². The molecule has 8 heteroatoms. The number of benzene rings is 1. The van der Waals surface area contributed by atoms with Gasteiger partial charge in [-0.3, -0.25) is 14.5 Å². The molecule has 0 saturated carbocycles. The molecule has 0 radical (unpaired) electrons. The van der Waals surface area contributed by atoms with Crippen LogP contribution in [0.3, 0.4) is 0 Å². The Balaban J connectivity index is 1.87. The van der Waals surface area contributed by atoms with Crippen molar-refractivity contribution in [3.05, 3.63) is 29.8 Å². The number of carbonyl (C=O) groups is 3. The van der Waals surface area contributed by atoms with E-state index in [1.54, 1.807) is 0 Å². The van der Waals surface area contributed by atoms with E-state index in [2.05, 4.69) is 5.32 Å². The SMILES string of the molecule is CC(=O)OCCN1C(=O)OC[C@H]1C(=O)NCc1ccc(N(C)C)cc1. The van der Waals surface area contributed by atoms with Gasteiger partial charge in [0.1, 0.15) is 19.3 Å². The predicted molar refractivity (Wildman–Crippen MR) is 91.1 cm³/mol. The number of amides is 2. The van der Waals surface area contributed by atoms with E-state index in [0.29, 0.717) is 6.54 Å². The minimum absolute atomic E-state index is 0.00962. The Hall–Kier alpha value is -2.77. The van der Waals surface area contributed by atoms with E-state index in [1.165, 1.54) is 11.8 Å². The number of cyclic esters (lactones) is 1. The Bertz CT molecular complexity index is 630. The molecule has 1 heterocycles. The highest BCUT2D eigenvalue weighted by atomic mass is 16.6. The maximum absolute atomic E-state index is 12.3. The molecule has 1 atom stereocenters. The summed E-state index contributed by atoms with van der Waals surface area (Å²) < 4.78 is 9.75. The molecule has 25 heavy (non-hydrogen) atoms.